The minimum atomic E-state index is -0.912. The predicted octanol–water partition coefficient (Wildman–Crippen LogP) is 5.45. The van der Waals surface area contributed by atoms with E-state index in [4.69, 9.17) is 16.3 Å². The molecule has 0 aromatic heterocycles. The van der Waals surface area contributed by atoms with Crippen molar-refractivity contribution in [3.63, 3.8) is 0 Å². The van der Waals surface area contributed by atoms with Crippen molar-refractivity contribution in [2.75, 3.05) is 5.32 Å². The SMILES string of the molecule is O=C(Nc1ccc(OCc2ccc(Cl)cc2)cc1)c1ccc(F)cc1F. The van der Waals surface area contributed by atoms with Crippen LogP contribution in [0.15, 0.2) is 66.7 Å². The first kappa shape index (κ1) is 17.9. The Morgan fingerprint density at radius 1 is 0.962 bits per heavy atom. The summed E-state index contributed by atoms with van der Waals surface area (Å²) in [5.74, 6) is -1.69. The number of benzene rings is 3. The van der Waals surface area contributed by atoms with E-state index in [0.29, 0.717) is 29.1 Å². The molecule has 0 unspecified atom stereocenters. The molecule has 1 amide bonds. The molecule has 3 rings (SSSR count). The topological polar surface area (TPSA) is 38.3 Å². The molecular formula is C20H14ClF2NO2. The van der Waals surface area contributed by atoms with Crippen LogP contribution in [-0.4, -0.2) is 5.91 Å². The number of amides is 1. The lowest BCUT2D eigenvalue weighted by Crippen LogP contribution is -2.13. The molecular weight excluding hydrogens is 360 g/mol. The van der Waals surface area contributed by atoms with E-state index in [-0.39, 0.29) is 5.56 Å². The van der Waals surface area contributed by atoms with Gasteiger partial charge < -0.3 is 10.1 Å². The smallest absolute Gasteiger partial charge is 0.258 e. The van der Waals surface area contributed by atoms with Crippen LogP contribution in [0, 0.1) is 11.6 Å². The first-order valence-electron chi connectivity index (χ1n) is 7.75. The van der Waals surface area contributed by atoms with Crippen LogP contribution in [0.5, 0.6) is 5.75 Å². The molecule has 132 valence electrons. The minimum absolute atomic E-state index is 0.227. The molecule has 26 heavy (non-hydrogen) atoms. The molecule has 0 aliphatic rings. The summed E-state index contributed by atoms with van der Waals surface area (Å²) in [6.07, 6.45) is 0. The number of rotatable bonds is 5. The van der Waals surface area contributed by atoms with Crippen molar-refractivity contribution in [3.05, 3.63) is 94.5 Å². The van der Waals surface area contributed by atoms with Crippen LogP contribution in [0.3, 0.4) is 0 Å². The van der Waals surface area contributed by atoms with E-state index in [0.717, 1.165) is 17.7 Å². The van der Waals surface area contributed by atoms with Crippen molar-refractivity contribution in [1.29, 1.82) is 0 Å². The monoisotopic (exact) mass is 373 g/mol. The number of carbonyl (C=O) groups is 1. The number of hydrogen-bond donors (Lipinski definition) is 1. The lowest BCUT2D eigenvalue weighted by Gasteiger charge is -2.09. The standard InChI is InChI=1S/C20H14ClF2NO2/c21-14-3-1-13(2-4-14)12-26-17-8-6-16(7-9-17)24-20(25)18-10-5-15(22)11-19(18)23/h1-11H,12H2,(H,24,25). The Hall–Kier alpha value is -2.92. The van der Waals surface area contributed by atoms with E-state index >= 15 is 0 Å². The summed E-state index contributed by atoms with van der Waals surface area (Å²) in [6.45, 7) is 0.379. The molecule has 0 atom stereocenters. The van der Waals surface area contributed by atoms with Crippen LogP contribution in [0.4, 0.5) is 14.5 Å². The second-order valence-electron chi connectivity index (χ2n) is 5.52. The molecule has 0 fully saturated rings. The Morgan fingerprint density at radius 3 is 2.31 bits per heavy atom. The van der Waals surface area contributed by atoms with Crippen molar-refractivity contribution in [2.45, 2.75) is 6.61 Å². The summed E-state index contributed by atoms with van der Waals surface area (Å²) < 4.78 is 32.2. The van der Waals surface area contributed by atoms with Gasteiger partial charge in [0.2, 0.25) is 0 Å². The maximum atomic E-state index is 13.6. The van der Waals surface area contributed by atoms with E-state index < -0.39 is 17.5 Å². The van der Waals surface area contributed by atoms with Crippen molar-refractivity contribution in [2.24, 2.45) is 0 Å². The maximum Gasteiger partial charge on any atom is 0.258 e. The van der Waals surface area contributed by atoms with Crippen LogP contribution >= 0.6 is 11.6 Å². The first-order chi connectivity index (χ1) is 12.5. The fraction of sp³-hybridized carbons (Fsp3) is 0.0500. The number of hydrogen-bond acceptors (Lipinski definition) is 2. The highest BCUT2D eigenvalue weighted by atomic mass is 35.5. The second-order valence-corrected chi connectivity index (χ2v) is 5.95. The first-order valence-corrected chi connectivity index (χ1v) is 8.13. The lowest BCUT2D eigenvalue weighted by molar-refractivity contribution is 0.102. The average molecular weight is 374 g/mol. The van der Waals surface area contributed by atoms with E-state index in [9.17, 15) is 13.6 Å². The summed E-state index contributed by atoms with van der Waals surface area (Å²) in [4.78, 5) is 12.1. The number of carbonyl (C=O) groups excluding carboxylic acids is 1. The zero-order valence-electron chi connectivity index (χ0n) is 13.5. The molecule has 3 aromatic rings. The zero-order valence-corrected chi connectivity index (χ0v) is 14.3. The van der Waals surface area contributed by atoms with Gasteiger partial charge in [-0.1, -0.05) is 23.7 Å². The molecule has 0 saturated heterocycles. The Balaban J connectivity index is 1.60. The molecule has 0 heterocycles. The molecule has 0 spiro atoms. The molecule has 0 bridgehead atoms. The summed E-state index contributed by atoms with van der Waals surface area (Å²) in [5.41, 5.74) is 1.21. The molecule has 0 aliphatic heterocycles. The highest BCUT2D eigenvalue weighted by Crippen LogP contribution is 2.19. The van der Waals surface area contributed by atoms with Crippen LogP contribution < -0.4 is 10.1 Å². The van der Waals surface area contributed by atoms with Crippen LogP contribution in [-0.2, 0) is 6.61 Å². The zero-order chi connectivity index (χ0) is 18.5. The van der Waals surface area contributed by atoms with Gasteiger partial charge in [0.05, 0.1) is 5.56 Å². The van der Waals surface area contributed by atoms with Crippen LogP contribution in [0.1, 0.15) is 15.9 Å². The van der Waals surface area contributed by atoms with Gasteiger partial charge in [0, 0.05) is 16.8 Å². The molecule has 1 N–H and O–H groups in total. The highest BCUT2D eigenvalue weighted by Gasteiger charge is 2.12. The number of anilines is 1. The fourth-order valence-electron chi connectivity index (χ4n) is 2.25. The van der Waals surface area contributed by atoms with Crippen molar-refractivity contribution in [3.8, 4) is 5.75 Å². The third kappa shape index (κ3) is 4.58. The third-order valence-corrected chi connectivity index (χ3v) is 3.86. The van der Waals surface area contributed by atoms with Crippen molar-refractivity contribution >= 4 is 23.2 Å². The Bertz CT molecular complexity index is 912. The second kappa shape index (κ2) is 7.97. The van der Waals surface area contributed by atoms with Gasteiger partial charge >= 0.3 is 0 Å². The Labute approximate surface area is 154 Å². The van der Waals surface area contributed by atoms with Gasteiger partial charge in [-0.3, -0.25) is 4.79 Å². The lowest BCUT2D eigenvalue weighted by atomic mass is 10.2. The molecule has 6 heteroatoms. The van der Waals surface area contributed by atoms with E-state index in [1.165, 1.54) is 0 Å². The molecule has 3 aromatic carbocycles. The number of ether oxygens (including phenoxy) is 1. The molecule has 0 aliphatic carbocycles. The summed E-state index contributed by atoms with van der Waals surface area (Å²) in [5, 5.41) is 3.21. The van der Waals surface area contributed by atoms with Gasteiger partial charge in [-0.05, 0) is 54.1 Å². The molecule has 0 radical (unpaired) electrons. The normalized spacial score (nSPS) is 10.4. The van der Waals surface area contributed by atoms with Gasteiger partial charge in [0.15, 0.2) is 0 Å². The highest BCUT2D eigenvalue weighted by molar-refractivity contribution is 6.30. The van der Waals surface area contributed by atoms with Crippen molar-refractivity contribution in [1.82, 2.24) is 0 Å². The van der Waals surface area contributed by atoms with E-state index in [1.807, 2.05) is 12.1 Å². The number of halogens is 3. The third-order valence-electron chi connectivity index (χ3n) is 3.61. The average Bonchev–Trinajstić information content (AvgIpc) is 2.62. The Morgan fingerprint density at radius 2 is 1.65 bits per heavy atom. The predicted molar refractivity (Wildman–Crippen MR) is 96.5 cm³/mol. The van der Waals surface area contributed by atoms with Crippen LogP contribution in [0.25, 0.3) is 0 Å². The molecule has 3 nitrogen and oxygen atoms in total. The van der Waals surface area contributed by atoms with E-state index in [1.54, 1.807) is 36.4 Å². The van der Waals surface area contributed by atoms with E-state index in [2.05, 4.69) is 5.32 Å². The van der Waals surface area contributed by atoms with Gasteiger partial charge in [-0.2, -0.15) is 0 Å². The van der Waals surface area contributed by atoms with Gasteiger partial charge in [-0.25, -0.2) is 8.78 Å². The summed E-state index contributed by atoms with van der Waals surface area (Å²) in [7, 11) is 0. The largest absolute Gasteiger partial charge is 0.489 e. The summed E-state index contributed by atoms with van der Waals surface area (Å²) in [6, 6.07) is 16.8. The maximum absolute atomic E-state index is 13.6. The number of nitrogens with one attached hydrogen (secondary N) is 1. The minimum Gasteiger partial charge on any atom is -0.489 e. The van der Waals surface area contributed by atoms with Gasteiger partial charge in [0.25, 0.3) is 5.91 Å². The van der Waals surface area contributed by atoms with Crippen LogP contribution in [0.2, 0.25) is 5.02 Å². The quantitative estimate of drug-likeness (QED) is 0.645. The fourth-order valence-corrected chi connectivity index (χ4v) is 2.38. The Kier molecular flexibility index (Phi) is 5.49. The summed E-state index contributed by atoms with van der Waals surface area (Å²) >= 11 is 5.83. The van der Waals surface area contributed by atoms with Crippen molar-refractivity contribution < 1.29 is 18.3 Å². The molecule has 0 saturated carbocycles. The van der Waals surface area contributed by atoms with Gasteiger partial charge in [-0.15, -0.1) is 0 Å². The van der Waals surface area contributed by atoms with Gasteiger partial charge in [0.1, 0.15) is 24.0 Å².